The van der Waals surface area contributed by atoms with E-state index in [1.54, 1.807) is 0 Å². The first-order chi connectivity index (χ1) is 7.20. The quantitative estimate of drug-likeness (QED) is 0.789. The lowest BCUT2D eigenvalue weighted by Crippen LogP contribution is -2.44. The van der Waals surface area contributed by atoms with Crippen molar-refractivity contribution in [3.8, 4) is 0 Å². The Hall–Kier alpha value is -0.220. The molecule has 0 spiro atoms. The first-order valence-corrected chi connectivity index (χ1v) is 7.02. The minimum Gasteiger partial charge on any atom is -0.366 e. The molecule has 15 heavy (non-hydrogen) atoms. The molecule has 0 amide bonds. The molecule has 1 saturated heterocycles. The van der Waals surface area contributed by atoms with E-state index in [9.17, 15) is 0 Å². The van der Waals surface area contributed by atoms with E-state index in [-0.39, 0.29) is 0 Å². The summed E-state index contributed by atoms with van der Waals surface area (Å²) in [5.41, 5.74) is 1.27. The molecular formula is C11H15BrN2S. The van der Waals surface area contributed by atoms with Gasteiger partial charge in [-0.1, -0.05) is 6.92 Å². The second-order valence-electron chi connectivity index (χ2n) is 3.84. The van der Waals surface area contributed by atoms with E-state index in [2.05, 4.69) is 57.5 Å². The van der Waals surface area contributed by atoms with Crippen molar-refractivity contribution in [1.29, 1.82) is 0 Å². The second-order valence-corrected chi connectivity index (χ2v) is 6.18. The van der Waals surface area contributed by atoms with E-state index in [0.717, 1.165) is 11.0 Å². The molecule has 82 valence electrons. The highest BCUT2D eigenvalue weighted by Gasteiger charge is 2.26. The van der Waals surface area contributed by atoms with Crippen molar-refractivity contribution in [3.63, 3.8) is 0 Å². The maximum atomic E-state index is 4.11. The van der Waals surface area contributed by atoms with E-state index >= 15 is 0 Å². The normalized spacial score (nSPS) is 26.7. The summed E-state index contributed by atoms with van der Waals surface area (Å²) in [6.45, 7) is 5.72. The van der Waals surface area contributed by atoms with Crippen molar-refractivity contribution in [3.05, 3.63) is 22.9 Å². The average molecular weight is 287 g/mol. The minimum atomic E-state index is 0.586. The predicted molar refractivity (Wildman–Crippen MR) is 70.7 cm³/mol. The predicted octanol–water partition coefficient (Wildman–Crippen LogP) is 3.17. The molecule has 0 saturated carbocycles. The fourth-order valence-electron chi connectivity index (χ4n) is 1.87. The van der Waals surface area contributed by atoms with Crippen LogP contribution in [-0.4, -0.2) is 28.6 Å². The monoisotopic (exact) mass is 286 g/mol. The van der Waals surface area contributed by atoms with Crippen molar-refractivity contribution in [1.82, 2.24) is 4.98 Å². The van der Waals surface area contributed by atoms with E-state index in [4.69, 9.17) is 0 Å². The van der Waals surface area contributed by atoms with Crippen molar-refractivity contribution < 1.29 is 0 Å². The molecule has 0 aliphatic carbocycles. The molecule has 2 rings (SSSR count). The molecule has 0 aromatic carbocycles. The number of halogens is 1. The summed E-state index contributed by atoms with van der Waals surface area (Å²) < 4.78 is 1.09. The van der Waals surface area contributed by atoms with Gasteiger partial charge in [-0.2, -0.15) is 11.8 Å². The van der Waals surface area contributed by atoms with E-state index in [1.165, 1.54) is 11.4 Å². The Bertz CT molecular complexity index is 345. The summed E-state index contributed by atoms with van der Waals surface area (Å²) >= 11 is 5.63. The highest BCUT2D eigenvalue weighted by Crippen LogP contribution is 2.32. The number of hydrogen-bond donors (Lipinski definition) is 0. The van der Waals surface area contributed by atoms with Crippen LogP contribution in [0.3, 0.4) is 0 Å². The van der Waals surface area contributed by atoms with Crippen LogP contribution in [0.25, 0.3) is 0 Å². The molecule has 0 N–H and O–H groups in total. The van der Waals surface area contributed by atoms with Crippen molar-refractivity contribution in [2.45, 2.75) is 25.1 Å². The van der Waals surface area contributed by atoms with Gasteiger partial charge in [0.15, 0.2) is 0 Å². The van der Waals surface area contributed by atoms with E-state index in [1.807, 2.05) is 12.4 Å². The lowest BCUT2D eigenvalue weighted by Gasteiger charge is -2.39. The molecule has 4 heteroatoms. The summed E-state index contributed by atoms with van der Waals surface area (Å²) in [7, 11) is 0. The first-order valence-electron chi connectivity index (χ1n) is 5.18. The minimum absolute atomic E-state index is 0.586. The Balaban J connectivity index is 2.26. The standard InChI is InChI=1S/C11H15BrN2S/c1-8-9(2)15-6-5-14(8)11-3-4-13-7-10(11)12/h3-4,7-9H,5-6H2,1-2H3. The summed E-state index contributed by atoms with van der Waals surface area (Å²) in [5, 5.41) is 0.693. The van der Waals surface area contributed by atoms with Gasteiger partial charge < -0.3 is 4.90 Å². The Morgan fingerprint density at radius 3 is 3.07 bits per heavy atom. The fourth-order valence-corrected chi connectivity index (χ4v) is 3.45. The number of rotatable bonds is 1. The van der Waals surface area contributed by atoms with Crippen molar-refractivity contribution >= 4 is 33.4 Å². The third-order valence-electron chi connectivity index (χ3n) is 2.94. The smallest absolute Gasteiger partial charge is 0.0592 e. The Kier molecular flexibility index (Phi) is 3.57. The molecule has 2 unspecified atom stereocenters. The van der Waals surface area contributed by atoms with Gasteiger partial charge in [-0.15, -0.1) is 0 Å². The fraction of sp³-hybridized carbons (Fsp3) is 0.545. The van der Waals surface area contributed by atoms with Crippen LogP contribution in [0.1, 0.15) is 13.8 Å². The zero-order valence-corrected chi connectivity index (χ0v) is 11.4. The number of anilines is 1. The van der Waals surface area contributed by atoms with Gasteiger partial charge >= 0.3 is 0 Å². The van der Waals surface area contributed by atoms with Crippen LogP contribution in [0.15, 0.2) is 22.9 Å². The molecule has 2 heterocycles. The van der Waals surface area contributed by atoms with Crippen molar-refractivity contribution in [2.24, 2.45) is 0 Å². The maximum Gasteiger partial charge on any atom is 0.0592 e. The number of thioether (sulfide) groups is 1. The second kappa shape index (κ2) is 4.74. The van der Waals surface area contributed by atoms with Gasteiger partial charge in [0.25, 0.3) is 0 Å². The summed E-state index contributed by atoms with van der Waals surface area (Å²) in [6, 6.07) is 2.67. The topological polar surface area (TPSA) is 16.1 Å². The number of hydrogen-bond acceptors (Lipinski definition) is 3. The zero-order valence-electron chi connectivity index (χ0n) is 8.98. The Morgan fingerprint density at radius 2 is 2.33 bits per heavy atom. The van der Waals surface area contributed by atoms with E-state index in [0.29, 0.717) is 11.3 Å². The van der Waals surface area contributed by atoms with Gasteiger partial charge in [0, 0.05) is 36.0 Å². The molecule has 0 radical (unpaired) electrons. The zero-order chi connectivity index (χ0) is 10.8. The number of nitrogens with zero attached hydrogens (tertiary/aromatic N) is 2. The first kappa shape index (κ1) is 11.3. The summed E-state index contributed by atoms with van der Waals surface area (Å²) in [5.74, 6) is 1.21. The van der Waals surface area contributed by atoms with Gasteiger partial charge in [-0.3, -0.25) is 4.98 Å². The molecule has 1 aliphatic heterocycles. The Labute approximate surface area is 104 Å². The number of pyridine rings is 1. The van der Waals surface area contributed by atoms with Gasteiger partial charge in [0.2, 0.25) is 0 Å². The lowest BCUT2D eigenvalue weighted by atomic mass is 10.2. The van der Waals surface area contributed by atoms with Gasteiger partial charge in [-0.25, -0.2) is 0 Å². The third-order valence-corrected chi connectivity index (χ3v) is 4.89. The highest BCUT2D eigenvalue weighted by molar-refractivity contribution is 9.10. The lowest BCUT2D eigenvalue weighted by molar-refractivity contribution is 0.626. The molecule has 1 aliphatic rings. The molecule has 1 aromatic heterocycles. The largest absolute Gasteiger partial charge is 0.366 e. The van der Waals surface area contributed by atoms with E-state index < -0.39 is 0 Å². The molecular weight excluding hydrogens is 272 g/mol. The maximum absolute atomic E-state index is 4.11. The van der Waals surface area contributed by atoms with Crippen LogP contribution in [0.4, 0.5) is 5.69 Å². The third kappa shape index (κ3) is 2.31. The van der Waals surface area contributed by atoms with Crippen LogP contribution in [-0.2, 0) is 0 Å². The van der Waals surface area contributed by atoms with Crippen LogP contribution in [0.2, 0.25) is 0 Å². The Morgan fingerprint density at radius 1 is 1.53 bits per heavy atom. The highest BCUT2D eigenvalue weighted by atomic mass is 79.9. The van der Waals surface area contributed by atoms with Crippen LogP contribution in [0, 0.1) is 0 Å². The SMILES string of the molecule is CC1SCCN(c2ccncc2Br)C1C. The van der Waals surface area contributed by atoms with Gasteiger partial charge in [0.1, 0.15) is 0 Å². The molecule has 2 atom stereocenters. The summed E-state index contributed by atoms with van der Waals surface area (Å²) in [4.78, 5) is 6.57. The molecule has 2 nitrogen and oxygen atoms in total. The number of aromatic nitrogens is 1. The molecule has 0 bridgehead atoms. The summed E-state index contributed by atoms with van der Waals surface area (Å²) in [6.07, 6.45) is 3.73. The average Bonchev–Trinajstić information content (AvgIpc) is 2.23. The molecule has 1 aromatic rings. The van der Waals surface area contributed by atoms with Crippen LogP contribution < -0.4 is 4.90 Å². The van der Waals surface area contributed by atoms with Gasteiger partial charge in [0.05, 0.1) is 10.2 Å². The van der Waals surface area contributed by atoms with Gasteiger partial charge in [-0.05, 0) is 28.9 Å². The molecule has 1 fully saturated rings. The van der Waals surface area contributed by atoms with Crippen molar-refractivity contribution in [2.75, 3.05) is 17.2 Å². The van der Waals surface area contributed by atoms with Crippen LogP contribution in [0.5, 0.6) is 0 Å². The van der Waals surface area contributed by atoms with Crippen LogP contribution >= 0.6 is 27.7 Å².